The number of anilines is 1. The monoisotopic (exact) mass is 369 g/mol. The Bertz CT molecular complexity index is 944. The predicted molar refractivity (Wildman–Crippen MR) is 103 cm³/mol. The van der Waals surface area contributed by atoms with E-state index < -0.39 is 0 Å². The van der Waals surface area contributed by atoms with E-state index in [1.54, 1.807) is 31.4 Å². The number of carbonyl (C=O) groups excluding carboxylic acids is 1. The molecule has 1 fully saturated rings. The minimum atomic E-state index is -0.137. The van der Waals surface area contributed by atoms with Gasteiger partial charge in [0.15, 0.2) is 5.76 Å². The van der Waals surface area contributed by atoms with Gasteiger partial charge in [-0.25, -0.2) is 0 Å². The average molecular weight is 370 g/mol. The highest BCUT2D eigenvalue weighted by Crippen LogP contribution is 2.38. The maximum absolute atomic E-state index is 13.3. The van der Waals surface area contributed by atoms with E-state index in [1.807, 2.05) is 29.2 Å². The highest BCUT2D eigenvalue weighted by Gasteiger charge is 2.36. The number of furan rings is 1. The van der Waals surface area contributed by atoms with Crippen molar-refractivity contribution < 1.29 is 13.9 Å². The van der Waals surface area contributed by atoms with Crippen LogP contribution in [0.25, 0.3) is 11.0 Å². The van der Waals surface area contributed by atoms with Crippen molar-refractivity contribution >= 4 is 34.2 Å². The summed E-state index contributed by atoms with van der Waals surface area (Å²) in [6.45, 7) is 2.10. The molecule has 0 spiro atoms. The van der Waals surface area contributed by atoms with Gasteiger partial charge in [0.1, 0.15) is 11.3 Å². The minimum Gasteiger partial charge on any atom is -0.497 e. The molecule has 3 aromatic rings. The lowest BCUT2D eigenvalue weighted by molar-refractivity contribution is 0.0951. The van der Waals surface area contributed by atoms with Gasteiger partial charge in [0.05, 0.1) is 7.11 Å². The number of methoxy groups -OCH3 is 1. The second-order valence-electron chi connectivity index (χ2n) is 6.74. The molecule has 4 nitrogen and oxygen atoms in total. The van der Waals surface area contributed by atoms with Gasteiger partial charge in [-0.2, -0.15) is 0 Å². The molecule has 0 N–H and O–H groups in total. The van der Waals surface area contributed by atoms with Crippen molar-refractivity contribution in [1.82, 2.24) is 0 Å². The van der Waals surface area contributed by atoms with Gasteiger partial charge in [-0.05, 0) is 74.2 Å². The number of amides is 1. The van der Waals surface area contributed by atoms with E-state index in [2.05, 4.69) is 6.92 Å². The molecule has 0 aliphatic heterocycles. The predicted octanol–water partition coefficient (Wildman–Crippen LogP) is 5.54. The quantitative estimate of drug-likeness (QED) is 0.593. The standard InChI is InChI=1S/C21H20ClNO3/c1-13(14-3-4-14)23(17-6-8-18(25-2)9-7-17)21(24)20-12-15-11-16(22)5-10-19(15)26-20/h5-14H,3-4H2,1-2H3. The normalized spacial score (nSPS) is 15.0. The number of rotatable bonds is 5. The molecule has 26 heavy (non-hydrogen) atoms. The lowest BCUT2D eigenvalue weighted by atomic mass is 10.1. The second kappa shape index (κ2) is 6.69. The van der Waals surface area contributed by atoms with Crippen LogP contribution in [0.1, 0.15) is 30.3 Å². The molecule has 0 saturated heterocycles. The molecular weight excluding hydrogens is 350 g/mol. The van der Waals surface area contributed by atoms with Gasteiger partial charge >= 0.3 is 0 Å². The smallest absolute Gasteiger partial charge is 0.294 e. The van der Waals surface area contributed by atoms with Crippen LogP contribution >= 0.6 is 11.6 Å². The topological polar surface area (TPSA) is 42.7 Å². The van der Waals surface area contributed by atoms with Gasteiger partial charge in [0.25, 0.3) is 5.91 Å². The third-order valence-electron chi connectivity index (χ3n) is 4.97. The highest BCUT2D eigenvalue weighted by atomic mass is 35.5. The first-order valence-corrected chi connectivity index (χ1v) is 9.11. The number of nitrogens with zero attached hydrogens (tertiary/aromatic N) is 1. The maximum atomic E-state index is 13.3. The zero-order valence-corrected chi connectivity index (χ0v) is 15.5. The molecule has 134 valence electrons. The van der Waals surface area contributed by atoms with Crippen LogP contribution in [0.2, 0.25) is 5.02 Å². The summed E-state index contributed by atoms with van der Waals surface area (Å²) in [5.41, 5.74) is 1.50. The van der Waals surface area contributed by atoms with Gasteiger partial charge in [0.2, 0.25) is 0 Å². The van der Waals surface area contributed by atoms with Crippen molar-refractivity contribution in [2.75, 3.05) is 12.0 Å². The second-order valence-corrected chi connectivity index (χ2v) is 7.18. The van der Waals surface area contributed by atoms with Gasteiger partial charge in [-0.3, -0.25) is 4.79 Å². The van der Waals surface area contributed by atoms with Crippen LogP contribution in [0, 0.1) is 5.92 Å². The Labute approximate surface area is 157 Å². The first kappa shape index (κ1) is 17.0. The van der Waals surface area contributed by atoms with E-state index >= 15 is 0 Å². The molecule has 1 aliphatic carbocycles. The molecule has 1 amide bonds. The number of carbonyl (C=O) groups is 1. The summed E-state index contributed by atoms with van der Waals surface area (Å²) in [6, 6.07) is 14.8. The number of fused-ring (bicyclic) bond motifs is 1. The van der Waals surface area contributed by atoms with Gasteiger partial charge < -0.3 is 14.1 Å². The molecule has 1 atom stereocenters. The van der Waals surface area contributed by atoms with Crippen molar-refractivity contribution in [1.29, 1.82) is 0 Å². The van der Waals surface area contributed by atoms with E-state index in [9.17, 15) is 4.79 Å². The van der Waals surface area contributed by atoms with Crippen molar-refractivity contribution in [2.45, 2.75) is 25.8 Å². The van der Waals surface area contributed by atoms with Crippen LogP contribution < -0.4 is 9.64 Å². The zero-order chi connectivity index (χ0) is 18.3. The molecule has 0 bridgehead atoms. The summed E-state index contributed by atoms with van der Waals surface area (Å²) in [5.74, 6) is 1.48. The Kier molecular flexibility index (Phi) is 4.37. The summed E-state index contributed by atoms with van der Waals surface area (Å²) < 4.78 is 11.0. The van der Waals surface area contributed by atoms with Crippen molar-refractivity contribution in [3.63, 3.8) is 0 Å². The number of ether oxygens (including phenoxy) is 1. The molecule has 5 heteroatoms. The Morgan fingerprint density at radius 1 is 1.19 bits per heavy atom. The SMILES string of the molecule is COc1ccc(N(C(=O)c2cc3cc(Cl)ccc3o2)C(C)C2CC2)cc1. The summed E-state index contributed by atoms with van der Waals surface area (Å²) in [6.07, 6.45) is 2.30. The Morgan fingerprint density at radius 3 is 2.58 bits per heavy atom. The fraction of sp³-hybridized carbons (Fsp3) is 0.286. The van der Waals surface area contributed by atoms with Gasteiger partial charge in [-0.1, -0.05) is 11.6 Å². The first-order chi connectivity index (χ1) is 12.6. The summed E-state index contributed by atoms with van der Waals surface area (Å²) in [5, 5.41) is 1.45. The summed E-state index contributed by atoms with van der Waals surface area (Å²) >= 11 is 6.05. The van der Waals surface area contributed by atoms with Crippen molar-refractivity contribution in [2.24, 2.45) is 5.92 Å². The summed E-state index contributed by atoms with van der Waals surface area (Å²) in [7, 11) is 1.63. The molecule has 1 unspecified atom stereocenters. The van der Waals surface area contributed by atoms with E-state index in [1.165, 1.54) is 0 Å². The van der Waals surface area contributed by atoms with Gasteiger partial charge in [-0.15, -0.1) is 0 Å². The Balaban J connectivity index is 1.72. The lowest BCUT2D eigenvalue weighted by Crippen LogP contribution is -2.40. The van der Waals surface area contributed by atoms with Crippen LogP contribution in [0.3, 0.4) is 0 Å². The van der Waals surface area contributed by atoms with E-state index in [-0.39, 0.29) is 11.9 Å². The van der Waals surface area contributed by atoms with Crippen LogP contribution in [0.15, 0.2) is 52.9 Å². The van der Waals surface area contributed by atoms with Crippen molar-refractivity contribution in [3.05, 3.63) is 59.3 Å². The molecule has 1 aromatic heterocycles. The van der Waals surface area contributed by atoms with Crippen LogP contribution in [0.4, 0.5) is 5.69 Å². The third-order valence-corrected chi connectivity index (χ3v) is 5.21. The number of hydrogen-bond donors (Lipinski definition) is 0. The van der Waals surface area contributed by atoms with E-state index in [0.29, 0.717) is 22.3 Å². The lowest BCUT2D eigenvalue weighted by Gasteiger charge is -2.29. The average Bonchev–Trinajstić information content (AvgIpc) is 3.42. The largest absolute Gasteiger partial charge is 0.497 e. The van der Waals surface area contributed by atoms with E-state index in [0.717, 1.165) is 29.7 Å². The van der Waals surface area contributed by atoms with Crippen LogP contribution in [0.5, 0.6) is 5.75 Å². The van der Waals surface area contributed by atoms with Crippen LogP contribution in [-0.4, -0.2) is 19.1 Å². The number of halogens is 1. The molecule has 1 heterocycles. The highest BCUT2D eigenvalue weighted by molar-refractivity contribution is 6.31. The number of hydrogen-bond acceptors (Lipinski definition) is 3. The van der Waals surface area contributed by atoms with Crippen molar-refractivity contribution in [3.8, 4) is 5.75 Å². The fourth-order valence-electron chi connectivity index (χ4n) is 3.31. The zero-order valence-electron chi connectivity index (χ0n) is 14.7. The molecule has 0 radical (unpaired) electrons. The molecule has 4 rings (SSSR count). The molecule has 2 aromatic carbocycles. The summed E-state index contributed by atoms with van der Waals surface area (Å²) in [4.78, 5) is 15.1. The molecule has 1 saturated carbocycles. The van der Waals surface area contributed by atoms with E-state index in [4.69, 9.17) is 20.8 Å². The van der Waals surface area contributed by atoms with Crippen LogP contribution in [-0.2, 0) is 0 Å². The Morgan fingerprint density at radius 2 is 1.92 bits per heavy atom. The minimum absolute atomic E-state index is 0.104. The maximum Gasteiger partial charge on any atom is 0.294 e. The first-order valence-electron chi connectivity index (χ1n) is 8.73. The molecular formula is C21H20ClNO3. The van der Waals surface area contributed by atoms with Gasteiger partial charge in [0, 0.05) is 22.1 Å². The molecule has 1 aliphatic rings. The number of benzene rings is 2. The third kappa shape index (κ3) is 3.17. The fourth-order valence-corrected chi connectivity index (χ4v) is 3.49. The Hall–Kier alpha value is -2.46.